The highest BCUT2D eigenvalue weighted by molar-refractivity contribution is 7.89. The maximum Gasteiger partial charge on any atom is 0.241 e. The van der Waals surface area contributed by atoms with Crippen molar-refractivity contribution >= 4 is 38.9 Å². The van der Waals surface area contributed by atoms with Gasteiger partial charge >= 0.3 is 0 Å². The molecule has 218 valence electrons. The van der Waals surface area contributed by atoms with E-state index >= 15 is 0 Å². The van der Waals surface area contributed by atoms with E-state index in [1.165, 1.54) is 12.1 Å². The molecule has 2 heterocycles. The van der Waals surface area contributed by atoms with Crippen LogP contribution in [0.25, 0.3) is 0 Å². The third-order valence-electron chi connectivity index (χ3n) is 6.75. The Bertz CT molecular complexity index is 1580. The molecule has 3 aromatic rings. The molecule has 0 bridgehead atoms. The topological polar surface area (TPSA) is 100 Å². The molecule has 0 saturated carbocycles. The molecule has 42 heavy (non-hydrogen) atoms. The first-order valence-electron chi connectivity index (χ1n) is 13.3. The Labute approximate surface area is 256 Å². The van der Waals surface area contributed by atoms with E-state index in [0.29, 0.717) is 56.2 Å². The van der Waals surface area contributed by atoms with Gasteiger partial charge in [-0.1, -0.05) is 29.7 Å². The van der Waals surface area contributed by atoms with Crippen LogP contribution < -0.4 is 9.46 Å². The number of amides is 1. The number of hydrogen-bond acceptors (Lipinski definition) is 7. The van der Waals surface area contributed by atoms with Gasteiger partial charge in [0.2, 0.25) is 15.9 Å². The summed E-state index contributed by atoms with van der Waals surface area (Å²) in [6.45, 7) is 1.000. The average Bonchev–Trinajstić information content (AvgIpc) is 3.56. The second kappa shape index (κ2) is 14.5. The summed E-state index contributed by atoms with van der Waals surface area (Å²) in [4.78, 5) is 15.4. The van der Waals surface area contributed by atoms with Gasteiger partial charge in [0.25, 0.3) is 0 Å². The minimum Gasteiger partial charge on any atom is -0.493 e. The van der Waals surface area contributed by atoms with E-state index in [9.17, 15) is 13.2 Å². The van der Waals surface area contributed by atoms with Gasteiger partial charge in [0.05, 0.1) is 24.5 Å². The lowest BCUT2D eigenvalue weighted by Gasteiger charge is -2.24. The molecule has 1 amide bonds. The smallest absolute Gasteiger partial charge is 0.241 e. The second-order valence-electron chi connectivity index (χ2n) is 9.78. The predicted molar refractivity (Wildman–Crippen MR) is 165 cm³/mol. The summed E-state index contributed by atoms with van der Waals surface area (Å²) in [5.74, 6) is 5.48. The Morgan fingerprint density at radius 1 is 1.07 bits per heavy atom. The molecule has 0 atom stereocenters. The number of nitrogens with one attached hydrogen (secondary N) is 1. The number of benzene rings is 2. The van der Waals surface area contributed by atoms with Crippen molar-refractivity contribution in [1.82, 2.24) is 9.62 Å². The summed E-state index contributed by atoms with van der Waals surface area (Å²) in [5, 5.41) is 12.8. The highest BCUT2D eigenvalue weighted by atomic mass is 35.5. The highest BCUT2D eigenvalue weighted by Gasteiger charge is 2.39. The van der Waals surface area contributed by atoms with Gasteiger partial charge in [-0.3, -0.25) is 4.79 Å². The molecule has 0 saturated heterocycles. The molecule has 8 nitrogen and oxygen atoms in total. The van der Waals surface area contributed by atoms with Gasteiger partial charge < -0.3 is 9.64 Å². The van der Waals surface area contributed by atoms with E-state index in [2.05, 4.69) is 26.8 Å². The Balaban J connectivity index is 1.46. The van der Waals surface area contributed by atoms with Crippen LogP contribution in [0.3, 0.4) is 0 Å². The Kier molecular flexibility index (Phi) is 10.8. The molecule has 0 spiro atoms. The van der Waals surface area contributed by atoms with Crippen LogP contribution in [-0.2, 0) is 34.2 Å². The number of terminal acetylenes is 2. The minimum atomic E-state index is -3.68. The largest absolute Gasteiger partial charge is 0.493 e. The van der Waals surface area contributed by atoms with Gasteiger partial charge in [0, 0.05) is 42.9 Å². The van der Waals surface area contributed by atoms with Crippen molar-refractivity contribution in [3.05, 3.63) is 81.0 Å². The molecule has 1 aliphatic rings. The summed E-state index contributed by atoms with van der Waals surface area (Å²) in [7, 11) is -3.68. The minimum absolute atomic E-state index is 0.0409. The Hall–Kier alpha value is -3.67. The molecule has 2 aromatic carbocycles. The second-order valence-corrected chi connectivity index (χ2v) is 12.8. The van der Waals surface area contributed by atoms with E-state index in [4.69, 9.17) is 29.2 Å². The first-order valence-corrected chi connectivity index (χ1v) is 16.1. The Morgan fingerprint density at radius 2 is 1.86 bits per heavy atom. The van der Waals surface area contributed by atoms with Crippen LogP contribution >= 0.6 is 22.9 Å². The van der Waals surface area contributed by atoms with E-state index in [1.54, 1.807) is 34.4 Å². The quantitative estimate of drug-likeness (QED) is 0.214. The third kappa shape index (κ3) is 8.91. The number of thiophene rings is 1. The number of carbonyl (C=O) groups is 1. The highest BCUT2D eigenvalue weighted by Crippen LogP contribution is 2.37. The van der Waals surface area contributed by atoms with E-state index < -0.39 is 15.7 Å². The van der Waals surface area contributed by atoms with Crippen molar-refractivity contribution in [2.24, 2.45) is 10.2 Å². The maximum atomic E-state index is 13.5. The molecule has 4 rings (SSSR count). The number of carbonyl (C=O) groups excluding carboxylic acids is 1. The van der Waals surface area contributed by atoms with Gasteiger partial charge in [-0.2, -0.15) is 26.3 Å². The van der Waals surface area contributed by atoms with Crippen LogP contribution in [0.1, 0.15) is 36.0 Å². The van der Waals surface area contributed by atoms with Crippen LogP contribution in [0, 0.1) is 24.7 Å². The molecule has 0 fully saturated rings. The lowest BCUT2D eigenvalue weighted by atomic mass is 10.1. The number of sulfonamides is 1. The average molecular weight is 623 g/mol. The number of nitrogens with zero attached hydrogens (tertiary/aromatic N) is 3. The summed E-state index contributed by atoms with van der Waals surface area (Å²) in [6.07, 6.45) is 13.2. The molecule has 1 N–H and O–H groups in total. The molecule has 11 heteroatoms. The Morgan fingerprint density at radius 3 is 2.52 bits per heavy atom. The summed E-state index contributed by atoms with van der Waals surface area (Å²) in [5.41, 5.74) is 2.16. The molecular formula is C31H31ClN4O4S2. The fourth-order valence-corrected chi connectivity index (χ4v) is 6.10. The summed E-state index contributed by atoms with van der Waals surface area (Å²) >= 11 is 7.89. The zero-order valence-electron chi connectivity index (χ0n) is 23.0. The summed E-state index contributed by atoms with van der Waals surface area (Å²) in [6, 6.07) is 13.9. The van der Waals surface area contributed by atoms with E-state index in [0.717, 1.165) is 16.7 Å². The van der Waals surface area contributed by atoms with Crippen molar-refractivity contribution in [3.8, 4) is 30.4 Å². The van der Waals surface area contributed by atoms with E-state index in [-0.39, 0.29) is 23.8 Å². The maximum absolute atomic E-state index is 13.5. The number of rotatable bonds is 16. The van der Waals surface area contributed by atoms with Gasteiger partial charge in [-0.15, -0.1) is 18.8 Å². The standard InChI is InChI=1S/C31H31ClN4O4S2/c1-3-5-14-31(34-35-31)15-18-40-29-11-8-27(32)21-26(29)22-36(30(37)20-25-13-19-41-23-25)17-12-24-6-9-28(10-7-24)42(38,39)33-16-4-2/h1-2,6-11,13,19,21,23,33H,5,12,14-18,20,22H2. The van der Waals surface area contributed by atoms with Gasteiger partial charge in [-0.25, -0.2) is 8.42 Å². The van der Waals surface area contributed by atoms with Crippen LogP contribution in [0.2, 0.25) is 5.02 Å². The van der Waals surface area contributed by atoms with Crippen molar-refractivity contribution in [2.75, 3.05) is 19.7 Å². The fourth-order valence-electron chi connectivity index (χ4n) is 4.30. The van der Waals surface area contributed by atoms with Crippen molar-refractivity contribution in [1.29, 1.82) is 0 Å². The third-order valence-corrected chi connectivity index (χ3v) is 9.14. The number of hydrogen-bond donors (Lipinski definition) is 1. The van der Waals surface area contributed by atoms with Crippen LogP contribution in [-0.4, -0.2) is 44.6 Å². The lowest BCUT2D eigenvalue weighted by Crippen LogP contribution is -2.34. The molecular weight excluding hydrogens is 592 g/mol. The van der Waals surface area contributed by atoms with Crippen molar-refractivity contribution in [3.63, 3.8) is 0 Å². The fraction of sp³-hybridized carbons (Fsp3) is 0.323. The first-order chi connectivity index (χ1) is 20.2. The molecule has 1 aliphatic heterocycles. The normalized spacial score (nSPS) is 13.2. The van der Waals surface area contributed by atoms with Crippen LogP contribution in [0.15, 0.2) is 74.4 Å². The predicted octanol–water partition coefficient (Wildman–Crippen LogP) is 5.47. The summed E-state index contributed by atoms with van der Waals surface area (Å²) < 4.78 is 33.2. The molecule has 1 aromatic heterocycles. The monoisotopic (exact) mass is 622 g/mol. The van der Waals surface area contributed by atoms with Crippen molar-refractivity contribution in [2.45, 2.75) is 49.2 Å². The SMILES string of the molecule is C#CCCC1(CCOc2ccc(Cl)cc2CN(CCc2ccc(S(=O)(=O)NCC#C)cc2)C(=O)Cc2ccsc2)N=N1. The number of ether oxygens (including phenoxy) is 1. The zero-order chi connectivity index (χ0) is 30.0. The van der Waals surface area contributed by atoms with Gasteiger partial charge in [-0.05, 0) is 64.7 Å². The van der Waals surface area contributed by atoms with Crippen molar-refractivity contribution < 1.29 is 17.9 Å². The molecule has 0 radical (unpaired) electrons. The van der Waals surface area contributed by atoms with Gasteiger partial charge in [0.1, 0.15) is 5.75 Å². The van der Waals surface area contributed by atoms with Crippen LogP contribution in [0.4, 0.5) is 0 Å². The van der Waals surface area contributed by atoms with Gasteiger partial charge in [0.15, 0.2) is 5.66 Å². The first kappa shape index (κ1) is 31.3. The molecule has 0 aliphatic carbocycles. The molecule has 0 unspecified atom stereocenters. The van der Waals surface area contributed by atoms with Crippen LogP contribution in [0.5, 0.6) is 5.75 Å². The zero-order valence-corrected chi connectivity index (χ0v) is 25.4. The van der Waals surface area contributed by atoms with E-state index in [1.807, 2.05) is 29.0 Å². The number of halogens is 1. The lowest BCUT2D eigenvalue weighted by molar-refractivity contribution is -0.131.